The smallest absolute Gasteiger partial charge is 0.141 e. The second-order valence-corrected chi connectivity index (χ2v) is 4.12. The molecule has 1 heterocycles. The van der Waals surface area contributed by atoms with E-state index in [2.05, 4.69) is 11.9 Å². The van der Waals surface area contributed by atoms with E-state index in [0.717, 1.165) is 19.0 Å². The molecule has 0 spiro atoms. The van der Waals surface area contributed by atoms with Crippen molar-refractivity contribution in [2.75, 3.05) is 0 Å². The lowest BCUT2D eigenvalue weighted by Gasteiger charge is -2.09. The van der Waals surface area contributed by atoms with E-state index in [1.165, 1.54) is 25.3 Å². The average molecular weight is 225 g/mol. The molecular weight excluding hydrogens is 205 g/mol. The summed E-state index contributed by atoms with van der Waals surface area (Å²) in [6.07, 6.45) is 7.15. The van der Waals surface area contributed by atoms with Crippen LogP contribution in [0, 0.1) is 5.82 Å². The number of rotatable bonds is 7. The number of halogens is 1. The van der Waals surface area contributed by atoms with Crippen molar-refractivity contribution < 1.29 is 9.50 Å². The maximum atomic E-state index is 12.6. The Kier molecular flexibility index (Phi) is 6.01. The van der Waals surface area contributed by atoms with E-state index in [-0.39, 0.29) is 5.82 Å². The first-order valence-corrected chi connectivity index (χ1v) is 6.03. The number of nitrogens with zero attached hydrogens (tertiary/aromatic N) is 1. The summed E-state index contributed by atoms with van der Waals surface area (Å²) in [5.74, 6) is -0.362. The van der Waals surface area contributed by atoms with Crippen molar-refractivity contribution >= 4 is 0 Å². The number of aliphatic hydroxyl groups is 1. The van der Waals surface area contributed by atoms with E-state index in [0.29, 0.717) is 12.1 Å². The molecule has 0 fully saturated rings. The summed E-state index contributed by atoms with van der Waals surface area (Å²) in [4.78, 5) is 3.87. The van der Waals surface area contributed by atoms with Gasteiger partial charge in [-0.1, -0.05) is 39.0 Å². The van der Waals surface area contributed by atoms with E-state index in [9.17, 15) is 9.50 Å². The molecule has 0 radical (unpaired) electrons. The molecular formula is C13H20FNO. The van der Waals surface area contributed by atoms with Gasteiger partial charge in [-0.15, -0.1) is 0 Å². The molecule has 90 valence electrons. The first kappa shape index (κ1) is 13.1. The van der Waals surface area contributed by atoms with Crippen LogP contribution in [0.3, 0.4) is 0 Å². The van der Waals surface area contributed by atoms with Gasteiger partial charge in [0.15, 0.2) is 0 Å². The lowest BCUT2D eigenvalue weighted by atomic mass is 10.1. The van der Waals surface area contributed by atoms with Crippen molar-refractivity contribution in [3.05, 3.63) is 29.8 Å². The SMILES string of the molecule is CCCCCCCC(O)c1ccc(F)cn1. The minimum Gasteiger partial charge on any atom is -0.387 e. The molecule has 1 N–H and O–H groups in total. The molecule has 1 rings (SSSR count). The molecule has 0 saturated carbocycles. The minimum absolute atomic E-state index is 0.362. The number of pyridine rings is 1. The predicted octanol–water partition coefficient (Wildman–Crippen LogP) is 3.61. The fourth-order valence-corrected chi connectivity index (χ4v) is 1.67. The lowest BCUT2D eigenvalue weighted by molar-refractivity contribution is 0.158. The third-order valence-corrected chi connectivity index (χ3v) is 2.67. The molecule has 1 aromatic heterocycles. The highest BCUT2D eigenvalue weighted by atomic mass is 19.1. The zero-order valence-corrected chi connectivity index (χ0v) is 9.82. The van der Waals surface area contributed by atoms with Crippen LogP contribution in [0.2, 0.25) is 0 Å². The Hall–Kier alpha value is -0.960. The third kappa shape index (κ3) is 4.71. The molecule has 2 nitrogen and oxygen atoms in total. The van der Waals surface area contributed by atoms with Crippen molar-refractivity contribution in [2.24, 2.45) is 0 Å². The molecule has 0 aliphatic carbocycles. The Morgan fingerprint density at radius 2 is 2.00 bits per heavy atom. The molecule has 0 bridgehead atoms. The minimum atomic E-state index is -0.553. The molecule has 0 saturated heterocycles. The Bertz CT molecular complexity index is 286. The maximum absolute atomic E-state index is 12.6. The van der Waals surface area contributed by atoms with Crippen LogP contribution in [0.1, 0.15) is 57.2 Å². The van der Waals surface area contributed by atoms with Crippen LogP contribution >= 0.6 is 0 Å². The molecule has 0 aliphatic heterocycles. The Morgan fingerprint density at radius 1 is 1.25 bits per heavy atom. The molecule has 0 aromatic carbocycles. The largest absolute Gasteiger partial charge is 0.387 e. The summed E-state index contributed by atoms with van der Waals surface area (Å²) in [6, 6.07) is 2.88. The van der Waals surface area contributed by atoms with E-state index >= 15 is 0 Å². The van der Waals surface area contributed by atoms with Crippen molar-refractivity contribution in [2.45, 2.75) is 51.6 Å². The summed E-state index contributed by atoms with van der Waals surface area (Å²) < 4.78 is 12.6. The zero-order valence-electron chi connectivity index (χ0n) is 9.82. The van der Waals surface area contributed by atoms with Gasteiger partial charge < -0.3 is 5.11 Å². The van der Waals surface area contributed by atoms with Gasteiger partial charge in [0.2, 0.25) is 0 Å². The van der Waals surface area contributed by atoms with Crippen LogP contribution < -0.4 is 0 Å². The topological polar surface area (TPSA) is 33.1 Å². The van der Waals surface area contributed by atoms with E-state index in [1.807, 2.05) is 0 Å². The summed E-state index contributed by atoms with van der Waals surface area (Å²) in [6.45, 7) is 2.18. The zero-order chi connectivity index (χ0) is 11.8. The molecule has 1 atom stereocenters. The lowest BCUT2D eigenvalue weighted by Crippen LogP contribution is -2.00. The Morgan fingerprint density at radius 3 is 2.62 bits per heavy atom. The van der Waals surface area contributed by atoms with Gasteiger partial charge in [-0.25, -0.2) is 4.39 Å². The normalized spacial score (nSPS) is 12.7. The second kappa shape index (κ2) is 7.34. The quantitative estimate of drug-likeness (QED) is 0.719. The molecule has 16 heavy (non-hydrogen) atoms. The van der Waals surface area contributed by atoms with Crippen LogP contribution in [0.4, 0.5) is 4.39 Å². The highest BCUT2D eigenvalue weighted by Crippen LogP contribution is 2.18. The van der Waals surface area contributed by atoms with Gasteiger partial charge in [-0.05, 0) is 18.6 Å². The number of hydrogen-bond donors (Lipinski definition) is 1. The van der Waals surface area contributed by atoms with Crippen molar-refractivity contribution in [1.82, 2.24) is 4.98 Å². The van der Waals surface area contributed by atoms with Gasteiger partial charge in [0.1, 0.15) is 5.82 Å². The number of aliphatic hydroxyl groups excluding tert-OH is 1. The summed E-state index contributed by atoms with van der Waals surface area (Å²) in [5, 5.41) is 9.78. The first-order valence-electron chi connectivity index (χ1n) is 6.03. The fraction of sp³-hybridized carbons (Fsp3) is 0.615. The van der Waals surface area contributed by atoms with Crippen molar-refractivity contribution in [3.63, 3.8) is 0 Å². The van der Waals surface area contributed by atoms with Gasteiger partial charge in [-0.3, -0.25) is 4.98 Å². The van der Waals surface area contributed by atoms with Crippen LogP contribution in [0.15, 0.2) is 18.3 Å². The molecule has 0 amide bonds. The van der Waals surface area contributed by atoms with Gasteiger partial charge in [0.25, 0.3) is 0 Å². The second-order valence-electron chi connectivity index (χ2n) is 4.12. The fourth-order valence-electron chi connectivity index (χ4n) is 1.67. The van der Waals surface area contributed by atoms with Crippen molar-refractivity contribution in [1.29, 1.82) is 0 Å². The highest BCUT2D eigenvalue weighted by molar-refractivity contribution is 5.07. The van der Waals surface area contributed by atoms with Crippen molar-refractivity contribution in [3.8, 4) is 0 Å². The number of hydrogen-bond acceptors (Lipinski definition) is 2. The van der Waals surface area contributed by atoms with Gasteiger partial charge >= 0.3 is 0 Å². The average Bonchev–Trinajstić information content (AvgIpc) is 2.29. The predicted molar refractivity (Wildman–Crippen MR) is 62.5 cm³/mol. The Balaban J connectivity index is 2.24. The van der Waals surface area contributed by atoms with Crippen LogP contribution in [0.25, 0.3) is 0 Å². The molecule has 3 heteroatoms. The highest BCUT2D eigenvalue weighted by Gasteiger charge is 2.08. The third-order valence-electron chi connectivity index (χ3n) is 2.67. The molecule has 1 unspecified atom stereocenters. The van der Waals surface area contributed by atoms with Gasteiger partial charge in [-0.2, -0.15) is 0 Å². The summed E-state index contributed by atoms with van der Waals surface area (Å²) in [5.41, 5.74) is 0.567. The number of aromatic nitrogens is 1. The van der Waals surface area contributed by atoms with E-state index in [1.54, 1.807) is 6.07 Å². The van der Waals surface area contributed by atoms with E-state index in [4.69, 9.17) is 0 Å². The Labute approximate surface area is 96.5 Å². The van der Waals surface area contributed by atoms with Gasteiger partial charge in [0, 0.05) is 0 Å². The molecule has 1 aromatic rings. The number of unbranched alkanes of at least 4 members (excludes halogenated alkanes) is 4. The standard InChI is InChI=1S/C13H20FNO/c1-2-3-4-5-6-7-13(16)12-9-8-11(14)10-15-12/h8-10,13,16H,2-7H2,1H3. The van der Waals surface area contributed by atoms with Crippen LogP contribution in [0.5, 0.6) is 0 Å². The van der Waals surface area contributed by atoms with Crippen LogP contribution in [-0.4, -0.2) is 10.1 Å². The van der Waals surface area contributed by atoms with Gasteiger partial charge in [0.05, 0.1) is 18.0 Å². The first-order chi connectivity index (χ1) is 7.74. The monoisotopic (exact) mass is 225 g/mol. The summed E-state index contributed by atoms with van der Waals surface area (Å²) >= 11 is 0. The summed E-state index contributed by atoms with van der Waals surface area (Å²) in [7, 11) is 0. The van der Waals surface area contributed by atoms with E-state index < -0.39 is 6.10 Å². The molecule has 0 aliphatic rings. The van der Waals surface area contributed by atoms with Crippen LogP contribution in [-0.2, 0) is 0 Å². The maximum Gasteiger partial charge on any atom is 0.141 e.